The van der Waals surface area contributed by atoms with Crippen LogP contribution >= 0.6 is 11.8 Å². The first-order chi connectivity index (χ1) is 14.8. The van der Waals surface area contributed by atoms with E-state index in [-0.39, 0.29) is 11.9 Å². The number of carbonyl (C=O) groups excluding carboxylic acids is 1. The van der Waals surface area contributed by atoms with Crippen LogP contribution in [-0.2, 0) is 24.1 Å². The van der Waals surface area contributed by atoms with Crippen molar-refractivity contribution in [1.29, 1.82) is 0 Å². The van der Waals surface area contributed by atoms with Gasteiger partial charge in [-0.3, -0.25) is 9.69 Å². The van der Waals surface area contributed by atoms with Gasteiger partial charge >= 0.3 is 6.18 Å². The molecule has 0 bridgehead atoms. The smallest absolute Gasteiger partial charge is 0.335 e. The van der Waals surface area contributed by atoms with Gasteiger partial charge < -0.3 is 4.90 Å². The minimum absolute atomic E-state index is 0.113. The minimum atomic E-state index is -4.34. The van der Waals surface area contributed by atoms with E-state index in [9.17, 15) is 18.0 Å². The molecule has 7 heteroatoms. The predicted molar refractivity (Wildman–Crippen MR) is 117 cm³/mol. The number of piperidine rings is 2. The Morgan fingerprint density at radius 2 is 1.61 bits per heavy atom. The van der Waals surface area contributed by atoms with Crippen LogP contribution in [0.4, 0.5) is 13.2 Å². The van der Waals surface area contributed by atoms with Gasteiger partial charge in [0, 0.05) is 43.5 Å². The summed E-state index contributed by atoms with van der Waals surface area (Å²) in [4.78, 5) is 18.3. The highest BCUT2D eigenvalue weighted by atomic mass is 32.2. The van der Waals surface area contributed by atoms with Crippen molar-refractivity contribution >= 4 is 17.7 Å². The van der Waals surface area contributed by atoms with Crippen molar-refractivity contribution in [1.82, 2.24) is 9.80 Å². The molecule has 2 saturated heterocycles. The van der Waals surface area contributed by atoms with E-state index in [2.05, 4.69) is 35.4 Å². The first kappa shape index (κ1) is 22.2. The number of hydrogen-bond donors (Lipinski definition) is 0. The Hall–Kier alpha value is -1.99. The largest absolute Gasteiger partial charge is 0.416 e. The summed E-state index contributed by atoms with van der Waals surface area (Å²) in [5.41, 5.74) is 1.39. The van der Waals surface area contributed by atoms with Gasteiger partial charge in [-0.2, -0.15) is 13.2 Å². The fourth-order valence-electron chi connectivity index (χ4n) is 4.76. The Morgan fingerprint density at radius 3 is 2.26 bits per heavy atom. The normalized spacial score (nSPS) is 22.5. The molecule has 4 rings (SSSR count). The fourth-order valence-corrected chi connectivity index (χ4v) is 5.17. The molecule has 0 aliphatic carbocycles. The highest BCUT2D eigenvalue weighted by Crippen LogP contribution is 2.34. The van der Waals surface area contributed by atoms with Crippen LogP contribution in [0.15, 0.2) is 53.4 Å². The van der Waals surface area contributed by atoms with Crippen LogP contribution in [0.3, 0.4) is 0 Å². The molecular weight excluding hydrogens is 421 g/mol. The second-order valence-electron chi connectivity index (χ2n) is 8.45. The Morgan fingerprint density at radius 1 is 0.968 bits per heavy atom. The number of carbonyl (C=O) groups is 1. The third kappa shape index (κ3) is 5.26. The number of likely N-dealkylation sites (tertiary alicyclic amines) is 2. The SMILES string of the molecule is CSc1ccc(CN2CC[C@@H]3[C@@H](CCC(=O)N3Cc3ccc(C(F)(F)F)cc3)C2)cc1. The molecule has 2 aliphatic heterocycles. The second-order valence-corrected chi connectivity index (χ2v) is 9.33. The van der Waals surface area contributed by atoms with Crippen LogP contribution in [0.25, 0.3) is 0 Å². The van der Waals surface area contributed by atoms with Crippen molar-refractivity contribution in [2.75, 3.05) is 19.3 Å². The van der Waals surface area contributed by atoms with Gasteiger partial charge in [-0.05, 0) is 60.4 Å². The lowest BCUT2D eigenvalue weighted by molar-refractivity contribution is -0.142. The molecular formula is C24H27F3N2OS. The number of rotatable bonds is 5. The fraction of sp³-hybridized carbons (Fsp3) is 0.458. The van der Waals surface area contributed by atoms with Crippen molar-refractivity contribution in [3.8, 4) is 0 Å². The third-order valence-electron chi connectivity index (χ3n) is 6.43. The van der Waals surface area contributed by atoms with Crippen molar-refractivity contribution in [3.63, 3.8) is 0 Å². The van der Waals surface area contributed by atoms with E-state index < -0.39 is 11.7 Å². The van der Waals surface area contributed by atoms with Gasteiger partial charge in [-0.1, -0.05) is 24.3 Å². The molecule has 31 heavy (non-hydrogen) atoms. The van der Waals surface area contributed by atoms with Gasteiger partial charge in [0.2, 0.25) is 5.91 Å². The molecule has 2 heterocycles. The highest BCUT2D eigenvalue weighted by molar-refractivity contribution is 7.98. The summed E-state index contributed by atoms with van der Waals surface area (Å²) in [6.07, 6.45) is 0.0284. The summed E-state index contributed by atoms with van der Waals surface area (Å²) >= 11 is 1.73. The monoisotopic (exact) mass is 448 g/mol. The molecule has 2 atom stereocenters. The number of thioether (sulfide) groups is 1. The van der Waals surface area contributed by atoms with Crippen LogP contribution < -0.4 is 0 Å². The number of halogens is 3. The van der Waals surface area contributed by atoms with E-state index in [1.807, 2.05) is 4.90 Å². The van der Waals surface area contributed by atoms with Gasteiger partial charge in [0.15, 0.2) is 0 Å². The maximum atomic E-state index is 12.8. The lowest BCUT2D eigenvalue weighted by Crippen LogP contribution is -2.55. The summed E-state index contributed by atoms with van der Waals surface area (Å²) in [6, 6.07) is 14.0. The maximum absolute atomic E-state index is 12.8. The lowest BCUT2D eigenvalue weighted by atomic mass is 9.83. The standard InChI is InChI=1S/C24H27F3N2OS/c1-31-21-9-4-17(5-10-21)14-28-13-12-22-19(16-28)6-11-23(30)29(22)15-18-2-7-20(8-3-18)24(25,26)27/h2-5,7-10,19,22H,6,11-16H2,1H3/t19-,22+/m0/s1. The number of benzene rings is 2. The number of fused-ring (bicyclic) bond motifs is 1. The molecule has 0 aromatic heterocycles. The van der Waals surface area contributed by atoms with Gasteiger partial charge in [-0.25, -0.2) is 0 Å². The summed E-state index contributed by atoms with van der Waals surface area (Å²) in [5.74, 6) is 0.522. The number of alkyl halides is 3. The average Bonchev–Trinajstić information content (AvgIpc) is 2.76. The molecule has 2 fully saturated rings. The average molecular weight is 449 g/mol. The van der Waals surface area contributed by atoms with Crippen LogP contribution in [0, 0.1) is 5.92 Å². The molecule has 0 unspecified atom stereocenters. The molecule has 0 spiro atoms. The molecule has 0 saturated carbocycles. The Kier molecular flexibility index (Phi) is 6.63. The second kappa shape index (κ2) is 9.25. The van der Waals surface area contributed by atoms with Gasteiger partial charge in [-0.15, -0.1) is 11.8 Å². The van der Waals surface area contributed by atoms with Gasteiger partial charge in [0.25, 0.3) is 0 Å². The lowest BCUT2D eigenvalue weighted by Gasteiger charge is -2.47. The number of amides is 1. The summed E-state index contributed by atoms with van der Waals surface area (Å²) in [5, 5.41) is 0. The molecule has 0 N–H and O–H groups in total. The zero-order chi connectivity index (χ0) is 22.0. The molecule has 3 nitrogen and oxygen atoms in total. The van der Waals surface area contributed by atoms with E-state index in [1.165, 1.54) is 22.6 Å². The van der Waals surface area contributed by atoms with Crippen LogP contribution in [-0.4, -0.2) is 41.1 Å². The summed E-state index contributed by atoms with van der Waals surface area (Å²) < 4.78 is 38.5. The first-order valence-corrected chi connectivity index (χ1v) is 11.9. The van der Waals surface area contributed by atoms with Gasteiger partial charge in [0.05, 0.1) is 5.56 Å². The van der Waals surface area contributed by atoms with E-state index >= 15 is 0 Å². The first-order valence-electron chi connectivity index (χ1n) is 10.6. The Balaban J connectivity index is 1.39. The molecule has 0 radical (unpaired) electrons. The van der Waals surface area contributed by atoms with E-state index in [1.54, 1.807) is 11.8 Å². The molecule has 166 valence electrons. The Labute approximate surface area is 185 Å². The van der Waals surface area contributed by atoms with Crippen LogP contribution in [0.5, 0.6) is 0 Å². The van der Waals surface area contributed by atoms with Crippen molar-refractivity contribution in [2.24, 2.45) is 5.92 Å². The highest BCUT2D eigenvalue weighted by Gasteiger charge is 2.39. The molecule has 2 aromatic rings. The van der Waals surface area contributed by atoms with Crippen molar-refractivity contribution in [2.45, 2.75) is 49.5 Å². The quantitative estimate of drug-likeness (QED) is 0.569. The van der Waals surface area contributed by atoms with E-state index in [4.69, 9.17) is 0 Å². The number of nitrogens with zero attached hydrogens (tertiary/aromatic N) is 2. The van der Waals surface area contributed by atoms with Crippen LogP contribution in [0.2, 0.25) is 0 Å². The zero-order valence-electron chi connectivity index (χ0n) is 17.6. The number of hydrogen-bond acceptors (Lipinski definition) is 3. The predicted octanol–water partition coefficient (Wildman–Crippen LogP) is 5.44. The van der Waals surface area contributed by atoms with Crippen LogP contribution in [0.1, 0.15) is 36.0 Å². The molecule has 2 aliphatic rings. The van der Waals surface area contributed by atoms with Crippen molar-refractivity contribution < 1.29 is 18.0 Å². The van der Waals surface area contributed by atoms with E-state index in [0.29, 0.717) is 18.9 Å². The van der Waals surface area contributed by atoms with E-state index in [0.717, 1.165) is 50.2 Å². The zero-order valence-corrected chi connectivity index (χ0v) is 18.4. The Bertz CT molecular complexity index is 899. The van der Waals surface area contributed by atoms with Gasteiger partial charge in [0.1, 0.15) is 0 Å². The molecule has 2 aromatic carbocycles. The third-order valence-corrected chi connectivity index (χ3v) is 7.17. The maximum Gasteiger partial charge on any atom is 0.416 e. The van der Waals surface area contributed by atoms with Crippen molar-refractivity contribution in [3.05, 3.63) is 65.2 Å². The summed E-state index contributed by atoms with van der Waals surface area (Å²) in [7, 11) is 0. The topological polar surface area (TPSA) is 23.6 Å². The molecule has 1 amide bonds. The summed E-state index contributed by atoms with van der Waals surface area (Å²) in [6.45, 7) is 3.16. The minimum Gasteiger partial charge on any atom is -0.335 e.